The van der Waals surface area contributed by atoms with Crippen molar-refractivity contribution in [3.05, 3.63) is 90.3 Å². The van der Waals surface area contributed by atoms with Crippen molar-refractivity contribution in [2.75, 3.05) is 7.05 Å². The standard InChI is InChI=1S/C32H36N4O2/c1-23(33-30(37)21-24-17-19-26(20-18-24)25-11-5-3-6-12-25)32-34-28-15-9-10-16-29(28)36(32)22-31(38)35(2)27-13-7-4-8-14-27/h3,5-6,9-12,15-20,23,27H,4,7-8,13-14,21-22H2,1-2H3,(H,33,37). The van der Waals surface area contributed by atoms with Crippen LogP contribution in [0.2, 0.25) is 0 Å². The Morgan fingerprint density at radius 2 is 1.58 bits per heavy atom. The highest BCUT2D eigenvalue weighted by Gasteiger charge is 2.25. The lowest BCUT2D eigenvalue weighted by Gasteiger charge is -2.31. The summed E-state index contributed by atoms with van der Waals surface area (Å²) < 4.78 is 1.97. The Bertz CT molecular complexity index is 1390. The van der Waals surface area contributed by atoms with Crippen LogP contribution in [-0.4, -0.2) is 39.4 Å². The van der Waals surface area contributed by atoms with E-state index in [0.717, 1.165) is 40.6 Å². The van der Waals surface area contributed by atoms with Gasteiger partial charge in [0.15, 0.2) is 0 Å². The number of rotatable bonds is 8. The number of amides is 2. The average molecular weight is 509 g/mol. The van der Waals surface area contributed by atoms with Crippen molar-refractivity contribution in [3.8, 4) is 11.1 Å². The monoisotopic (exact) mass is 508 g/mol. The summed E-state index contributed by atoms with van der Waals surface area (Å²) in [6.45, 7) is 2.15. The van der Waals surface area contributed by atoms with Crippen molar-refractivity contribution in [3.63, 3.8) is 0 Å². The van der Waals surface area contributed by atoms with Crippen molar-refractivity contribution < 1.29 is 9.59 Å². The van der Waals surface area contributed by atoms with Gasteiger partial charge in [-0.3, -0.25) is 9.59 Å². The van der Waals surface area contributed by atoms with Gasteiger partial charge in [0.2, 0.25) is 11.8 Å². The van der Waals surface area contributed by atoms with E-state index in [1.165, 1.54) is 19.3 Å². The maximum atomic E-state index is 13.3. The van der Waals surface area contributed by atoms with Gasteiger partial charge in [0.1, 0.15) is 12.4 Å². The van der Waals surface area contributed by atoms with Gasteiger partial charge in [0.25, 0.3) is 0 Å². The first kappa shape index (κ1) is 25.7. The molecule has 1 unspecified atom stereocenters. The molecule has 1 aliphatic rings. The Hall–Kier alpha value is -3.93. The molecule has 3 aromatic carbocycles. The van der Waals surface area contributed by atoms with Crippen LogP contribution in [0.15, 0.2) is 78.9 Å². The quantitative estimate of drug-likeness (QED) is 0.322. The third-order valence-corrected chi connectivity index (χ3v) is 7.68. The minimum absolute atomic E-state index is 0.0748. The smallest absolute Gasteiger partial charge is 0.242 e. The van der Waals surface area contributed by atoms with Crippen LogP contribution >= 0.6 is 0 Å². The molecule has 1 saturated carbocycles. The lowest BCUT2D eigenvalue weighted by atomic mass is 9.94. The van der Waals surface area contributed by atoms with Crippen LogP contribution in [0.3, 0.4) is 0 Å². The summed E-state index contributed by atoms with van der Waals surface area (Å²) in [4.78, 5) is 33.0. The van der Waals surface area contributed by atoms with Crippen molar-refractivity contribution in [2.24, 2.45) is 0 Å². The topological polar surface area (TPSA) is 67.2 Å². The molecule has 1 aliphatic carbocycles. The number of carbonyl (C=O) groups excluding carboxylic acids is 2. The fraction of sp³-hybridized carbons (Fsp3) is 0.344. The van der Waals surface area contributed by atoms with Gasteiger partial charge < -0.3 is 14.8 Å². The number of nitrogens with zero attached hydrogens (tertiary/aromatic N) is 3. The van der Waals surface area contributed by atoms with Crippen LogP contribution in [0.4, 0.5) is 0 Å². The molecule has 0 saturated heterocycles. The molecule has 6 heteroatoms. The summed E-state index contributed by atoms with van der Waals surface area (Å²) in [7, 11) is 1.92. The van der Waals surface area contributed by atoms with E-state index < -0.39 is 0 Å². The molecule has 1 fully saturated rings. The van der Waals surface area contributed by atoms with Gasteiger partial charge in [0, 0.05) is 13.1 Å². The third-order valence-electron chi connectivity index (χ3n) is 7.68. The summed E-state index contributed by atoms with van der Waals surface area (Å²) in [5.41, 5.74) is 4.96. The second-order valence-corrected chi connectivity index (χ2v) is 10.4. The highest BCUT2D eigenvalue weighted by molar-refractivity contribution is 5.82. The molecule has 0 aliphatic heterocycles. The predicted molar refractivity (Wildman–Crippen MR) is 152 cm³/mol. The number of hydrogen-bond donors (Lipinski definition) is 1. The molecule has 0 bridgehead atoms. The highest BCUT2D eigenvalue weighted by Crippen LogP contribution is 2.25. The molecular weight excluding hydrogens is 472 g/mol. The molecular formula is C32H36N4O2. The molecule has 5 rings (SSSR count). The summed E-state index contributed by atoms with van der Waals surface area (Å²) in [5.74, 6) is 0.705. The molecule has 1 aromatic heterocycles. The summed E-state index contributed by atoms with van der Waals surface area (Å²) in [6, 6.07) is 26.1. The summed E-state index contributed by atoms with van der Waals surface area (Å²) in [6.07, 6.45) is 6.03. The average Bonchev–Trinajstić information content (AvgIpc) is 3.32. The van der Waals surface area contributed by atoms with E-state index in [2.05, 4.69) is 29.6 Å². The SMILES string of the molecule is CC(NC(=O)Cc1ccc(-c2ccccc2)cc1)c1nc2ccccc2n1CC(=O)N(C)C1CCCCC1. The highest BCUT2D eigenvalue weighted by atomic mass is 16.2. The first-order valence-corrected chi connectivity index (χ1v) is 13.6. The van der Waals surface area contributed by atoms with E-state index in [-0.39, 0.29) is 30.8 Å². The van der Waals surface area contributed by atoms with Gasteiger partial charge in [-0.2, -0.15) is 0 Å². The number of aromatic nitrogens is 2. The Labute approximate surface area is 224 Å². The van der Waals surface area contributed by atoms with Gasteiger partial charge in [-0.05, 0) is 48.6 Å². The molecule has 1 heterocycles. The van der Waals surface area contributed by atoms with Gasteiger partial charge in [-0.1, -0.05) is 86.0 Å². The van der Waals surface area contributed by atoms with Gasteiger partial charge >= 0.3 is 0 Å². The van der Waals surface area contributed by atoms with Crippen LogP contribution in [0.25, 0.3) is 22.2 Å². The zero-order valence-corrected chi connectivity index (χ0v) is 22.3. The first-order valence-electron chi connectivity index (χ1n) is 13.6. The van der Waals surface area contributed by atoms with Crippen molar-refractivity contribution >= 4 is 22.8 Å². The zero-order valence-electron chi connectivity index (χ0n) is 22.3. The number of nitrogens with one attached hydrogen (secondary N) is 1. The van der Waals surface area contributed by atoms with E-state index in [0.29, 0.717) is 11.9 Å². The zero-order chi connectivity index (χ0) is 26.5. The number of hydrogen-bond acceptors (Lipinski definition) is 3. The Kier molecular flexibility index (Phi) is 7.87. The number of para-hydroxylation sites is 2. The normalized spacial score (nSPS) is 14.8. The lowest BCUT2D eigenvalue weighted by molar-refractivity contribution is -0.133. The third kappa shape index (κ3) is 5.80. The molecule has 0 radical (unpaired) electrons. The Morgan fingerprint density at radius 3 is 2.32 bits per heavy atom. The lowest BCUT2D eigenvalue weighted by Crippen LogP contribution is -2.40. The number of benzene rings is 3. The predicted octanol–water partition coefficient (Wildman–Crippen LogP) is 5.91. The number of fused-ring (bicyclic) bond motifs is 1. The number of likely N-dealkylation sites (N-methyl/N-ethyl adjacent to an activating group) is 1. The van der Waals surface area contributed by atoms with Gasteiger partial charge in [-0.15, -0.1) is 0 Å². The molecule has 196 valence electrons. The summed E-state index contributed by atoms with van der Waals surface area (Å²) in [5, 5.41) is 3.11. The Morgan fingerprint density at radius 1 is 0.921 bits per heavy atom. The largest absolute Gasteiger partial charge is 0.346 e. The maximum Gasteiger partial charge on any atom is 0.242 e. The van der Waals surface area contributed by atoms with Crippen LogP contribution in [-0.2, 0) is 22.6 Å². The molecule has 1 atom stereocenters. The number of imidazole rings is 1. The van der Waals surface area contributed by atoms with Crippen LogP contribution < -0.4 is 5.32 Å². The minimum atomic E-state index is -0.341. The molecule has 2 amide bonds. The fourth-order valence-corrected chi connectivity index (χ4v) is 5.50. The second kappa shape index (κ2) is 11.6. The van der Waals surface area contributed by atoms with E-state index in [1.807, 2.05) is 78.0 Å². The minimum Gasteiger partial charge on any atom is -0.346 e. The van der Waals surface area contributed by atoms with Crippen LogP contribution in [0.5, 0.6) is 0 Å². The molecule has 38 heavy (non-hydrogen) atoms. The van der Waals surface area contributed by atoms with E-state index in [1.54, 1.807) is 0 Å². The summed E-state index contributed by atoms with van der Waals surface area (Å²) >= 11 is 0. The Balaban J connectivity index is 1.28. The van der Waals surface area contributed by atoms with Gasteiger partial charge in [-0.25, -0.2) is 4.98 Å². The number of carbonyl (C=O) groups is 2. The van der Waals surface area contributed by atoms with E-state index in [4.69, 9.17) is 4.98 Å². The molecule has 4 aromatic rings. The van der Waals surface area contributed by atoms with Crippen molar-refractivity contribution in [1.82, 2.24) is 19.8 Å². The van der Waals surface area contributed by atoms with Gasteiger partial charge in [0.05, 0.1) is 23.5 Å². The molecule has 6 nitrogen and oxygen atoms in total. The first-order chi connectivity index (χ1) is 18.5. The fourth-order valence-electron chi connectivity index (χ4n) is 5.50. The van der Waals surface area contributed by atoms with E-state index in [9.17, 15) is 9.59 Å². The molecule has 0 spiro atoms. The maximum absolute atomic E-state index is 13.3. The van der Waals surface area contributed by atoms with Crippen molar-refractivity contribution in [2.45, 2.75) is 64.1 Å². The van der Waals surface area contributed by atoms with Crippen LogP contribution in [0.1, 0.15) is 56.5 Å². The van der Waals surface area contributed by atoms with Crippen molar-refractivity contribution in [1.29, 1.82) is 0 Å². The van der Waals surface area contributed by atoms with E-state index >= 15 is 0 Å². The second-order valence-electron chi connectivity index (χ2n) is 10.4. The molecule has 1 N–H and O–H groups in total. The van der Waals surface area contributed by atoms with Crippen LogP contribution in [0, 0.1) is 0 Å².